The molecule has 0 fully saturated rings. The first-order chi connectivity index (χ1) is 12.1. The lowest BCUT2D eigenvalue weighted by molar-refractivity contribution is 0.0945. The predicted octanol–water partition coefficient (Wildman–Crippen LogP) is 2.30. The number of anilines is 1. The molecule has 0 saturated carbocycles. The lowest BCUT2D eigenvalue weighted by atomic mass is 10.2. The number of nitrogens with one attached hydrogen (secondary N) is 3. The minimum Gasteiger partial charge on any atom is -0.347 e. The van der Waals surface area contributed by atoms with E-state index in [1.165, 1.54) is 6.07 Å². The molecule has 25 heavy (non-hydrogen) atoms. The fraction of sp³-hybridized carbons (Fsp3) is 0.111. The van der Waals surface area contributed by atoms with Crippen LogP contribution in [0.5, 0.6) is 0 Å². The second-order valence-corrected chi connectivity index (χ2v) is 5.43. The van der Waals surface area contributed by atoms with Crippen molar-refractivity contribution in [2.45, 2.75) is 13.5 Å². The maximum atomic E-state index is 12.2. The van der Waals surface area contributed by atoms with Crippen LogP contribution < -0.4 is 10.6 Å². The number of carbonyl (C=O) groups excluding carboxylic acids is 2. The molecule has 0 bridgehead atoms. The average molecular weight is 335 g/mol. The van der Waals surface area contributed by atoms with Crippen LogP contribution in [0.2, 0.25) is 0 Å². The van der Waals surface area contributed by atoms with Crippen molar-refractivity contribution < 1.29 is 9.59 Å². The van der Waals surface area contributed by atoms with E-state index in [9.17, 15) is 9.59 Å². The Morgan fingerprint density at radius 2 is 1.88 bits per heavy atom. The van der Waals surface area contributed by atoms with E-state index in [4.69, 9.17) is 0 Å². The molecular weight excluding hydrogens is 318 g/mol. The number of hydrogen-bond acceptors (Lipinski definition) is 4. The van der Waals surface area contributed by atoms with Gasteiger partial charge in [-0.05, 0) is 24.6 Å². The van der Waals surface area contributed by atoms with Gasteiger partial charge in [-0.3, -0.25) is 19.7 Å². The van der Waals surface area contributed by atoms with E-state index in [2.05, 4.69) is 25.8 Å². The molecule has 7 heteroatoms. The average Bonchev–Trinajstić information content (AvgIpc) is 3.09. The van der Waals surface area contributed by atoms with E-state index in [0.717, 1.165) is 5.56 Å². The third-order valence-electron chi connectivity index (χ3n) is 3.61. The summed E-state index contributed by atoms with van der Waals surface area (Å²) >= 11 is 0. The summed E-state index contributed by atoms with van der Waals surface area (Å²) in [4.78, 5) is 28.4. The zero-order chi connectivity index (χ0) is 17.6. The van der Waals surface area contributed by atoms with Gasteiger partial charge in [0.05, 0.1) is 5.56 Å². The smallest absolute Gasteiger partial charge is 0.272 e. The molecule has 2 aromatic heterocycles. The van der Waals surface area contributed by atoms with Crippen LogP contribution in [-0.4, -0.2) is 27.0 Å². The van der Waals surface area contributed by atoms with Crippen LogP contribution in [0.25, 0.3) is 0 Å². The normalized spacial score (nSPS) is 10.3. The summed E-state index contributed by atoms with van der Waals surface area (Å²) < 4.78 is 0. The van der Waals surface area contributed by atoms with Gasteiger partial charge in [-0.25, -0.2) is 0 Å². The SMILES string of the molecule is Cc1ncccc1C(=O)Nc1cc(C(=O)NCc2ccccc2)n[nH]1. The highest BCUT2D eigenvalue weighted by Crippen LogP contribution is 2.10. The Hall–Kier alpha value is -3.48. The van der Waals surface area contributed by atoms with E-state index in [-0.39, 0.29) is 17.5 Å². The van der Waals surface area contributed by atoms with Crippen molar-refractivity contribution in [1.29, 1.82) is 0 Å². The van der Waals surface area contributed by atoms with E-state index in [1.807, 2.05) is 30.3 Å². The molecule has 0 atom stereocenters. The maximum absolute atomic E-state index is 12.2. The molecule has 0 aliphatic rings. The number of aryl methyl sites for hydroxylation is 1. The third kappa shape index (κ3) is 4.08. The Balaban J connectivity index is 1.61. The largest absolute Gasteiger partial charge is 0.347 e. The molecule has 0 saturated heterocycles. The number of rotatable bonds is 5. The number of aromatic amines is 1. The fourth-order valence-electron chi connectivity index (χ4n) is 2.28. The first kappa shape index (κ1) is 16.4. The molecule has 0 aliphatic carbocycles. The van der Waals surface area contributed by atoms with Gasteiger partial charge in [-0.15, -0.1) is 0 Å². The Morgan fingerprint density at radius 1 is 1.08 bits per heavy atom. The predicted molar refractivity (Wildman–Crippen MR) is 93.1 cm³/mol. The van der Waals surface area contributed by atoms with Gasteiger partial charge >= 0.3 is 0 Å². The van der Waals surface area contributed by atoms with E-state index in [1.54, 1.807) is 25.3 Å². The second kappa shape index (κ2) is 7.39. The van der Waals surface area contributed by atoms with Crippen LogP contribution in [0, 0.1) is 6.92 Å². The van der Waals surface area contributed by atoms with Crippen LogP contribution in [-0.2, 0) is 6.54 Å². The molecule has 3 N–H and O–H groups in total. The van der Waals surface area contributed by atoms with Gasteiger partial charge in [-0.1, -0.05) is 30.3 Å². The number of pyridine rings is 1. The van der Waals surface area contributed by atoms with Gasteiger partial charge in [0, 0.05) is 24.5 Å². The lowest BCUT2D eigenvalue weighted by Gasteiger charge is -2.04. The van der Waals surface area contributed by atoms with E-state index >= 15 is 0 Å². The van der Waals surface area contributed by atoms with E-state index < -0.39 is 0 Å². The van der Waals surface area contributed by atoms with E-state index in [0.29, 0.717) is 23.6 Å². The highest BCUT2D eigenvalue weighted by atomic mass is 16.2. The number of H-pyrrole nitrogens is 1. The first-order valence-corrected chi connectivity index (χ1v) is 7.74. The summed E-state index contributed by atoms with van der Waals surface area (Å²) in [6.07, 6.45) is 1.62. The molecule has 0 spiro atoms. The maximum Gasteiger partial charge on any atom is 0.272 e. The molecule has 2 heterocycles. The molecule has 3 aromatic rings. The van der Waals surface area contributed by atoms with Gasteiger partial charge in [0.15, 0.2) is 5.69 Å². The molecular formula is C18H17N5O2. The third-order valence-corrected chi connectivity index (χ3v) is 3.61. The second-order valence-electron chi connectivity index (χ2n) is 5.43. The zero-order valence-corrected chi connectivity index (χ0v) is 13.6. The number of nitrogens with zero attached hydrogens (tertiary/aromatic N) is 2. The molecule has 3 rings (SSSR count). The number of hydrogen-bond donors (Lipinski definition) is 3. The van der Waals surface area contributed by atoms with Gasteiger partial charge in [-0.2, -0.15) is 5.10 Å². The molecule has 1 aromatic carbocycles. The van der Waals surface area contributed by atoms with Crippen LogP contribution >= 0.6 is 0 Å². The van der Waals surface area contributed by atoms with Crippen molar-refractivity contribution in [2.75, 3.05) is 5.32 Å². The van der Waals surface area contributed by atoms with Gasteiger partial charge < -0.3 is 10.6 Å². The highest BCUT2D eigenvalue weighted by molar-refractivity contribution is 6.05. The summed E-state index contributed by atoms with van der Waals surface area (Å²) in [6.45, 7) is 2.16. The summed E-state index contributed by atoms with van der Waals surface area (Å²) in [6, 6.07) is 14.4. The van der Waals surface area contributed by atoms with Crippen molar-refractivity contribution in [3.63, 3.8) is 0 Å². The fourth-order valence-corrected chi connectivity index (χ4v) is 2.28. The molecule has 0 radical (unpaired) electrons. The number of benzene rings is 1. The molecule has 2 amide bonds. The van der Waals surface area contributed by atoms with Crippen molar-refractivity contribution in [2.24, 2.45) is 0 Å². The van der Waals surface area contributed by atoms with Crippen molar-refractivity contribution in [1.82, 2.24) is 20.5 Å². The summed E-state index contributed by atoms with van der Waals surface area (Å²) in [5, 5.41) is 12.0. The monoisotopic (exact) mass is 335 g/mol. The lowest BCUT2D eigenvalue weighted by Crippen LogP contribution is -2.23. The van der Waals surface area contributed by atoms with Crippen LogP contribution in [0.4, 0.5) is 5.82 Å². The summed E-state index contributed by atoms with van der Waals surface area (Å²) in [5.41, 5.74) is 2.29. The summed E-state index contributed by atoms with van der Waals surface area (Å²) in [7, 11) is 0. The van der Waals surface area contributed by atoms with Crippen LogP contribution in [0.15, 0.2) is 54.7 Å². The van der Waals surface area contributed by atoms with Gasteiger partial charge in [0.25, 0.3) is 11.8 Å². The molecule has 7 nitrogen and oxygen atoms in total. The minimum atomic E-state index is -0.321. The minimum absolute atomic E-state index is 0.203. The Kier molecular flexibility index (Phi) is 4.84. The Morgan fingerprint density at radius 3 is 2.64 bits per heavy atom. The summed E-state index contributed by atoms with van der Waals surface area (Å²) in [5.74, 6) is -0.290. The van der Waals surface area contributed by atoms with Crippen LogP contribution in [0.3, 0.4) is 0 Å². The number of carbonyl (C=O) groups is 2. The van der Waals surface area contributed by atoms with Crippen LogP contribution in [0.1, 0.15) is 32.1 Å². The highest BCUT2D eigenvalue weighted by Gasteiger charge is 2.14. The molecule has 0 aliphatic heterocycles. The molecule has 126 valence electrons. The van der Waals surface area contributed by atoms with Crippen molar-refractivity contribution >= 4 is 17.6 Å². The zero-order valence-electron chi connectivity index (χ0n) is 13.6. The topological polar surface area (TPSA) is 99.8 Å². The van der Waals surface area contributed by atoms with Gasteiger partial charge in [0.1, 0.15) is 5.82 Å². The van der Waals surface area contributed by atoms with Crippen molar-refractivity contribution in [3.05, 3.63) is 77.2 Å². The first-order valence-electron chi connectivity index (χ1n) is 7.74. The standard InChI is InChI=1S/C18H17N5O2/c1-12-14(8-5-9-19-12)17(24)21-16-10-15(22-23-16)18(25)20-11-13-6-3-2-4-7-13/h2-10H,11H2,1H3,(H,20,25)(H2,21,22,23,24). The Labute approximate surface area is 144 Å². The molecule has 0 unspecified atom stereocenters. The quantitative estimate of drug-likeness (QED) is 0.666. The number of amides is 2. The Bertz CT molecular complexity index is 889. The van der Waals surface area contributed by atoms with Crippen molar-refractivity contribution in [3.8, 4) is 0 Å². The number of aromatic nitrogens is 3. The van der Waals surface area contributed by atoms with Gasteiger partial charge in [0.2, 0.25) is 0 Å².